The van der Waals surface area contributed by atoms with Crippen molar-refractivity contribution in [2.75, 3.05) is 19.7 Å². The molecule has 1 fully saturated rings. The Labute approximate surface area is 152 Å². The molecule has 1 aromatic heterocycles. The number of amides is 1. The minimum absolute atomic E-state index is 0.00614. The number of carboxylic acid groups (broad SMARTS) is 1. The molecule has 0 atom stereocenters. The maximum atomic E-state index is 12.8. The normalized spacial score (nSPS) is 15.1. The highest BCUT2D eigenvalue weighted by molar-refractivity contribution is 5.95. The number of rotatable bonds is 5. The molecule has 2 N–H and O–H groups in total. The van der Waals surface area contributed by atoms with Gasteiger partial charge in [0.1, 0.15) is 5.75 Å². The lowest BCUT2D eigenvalue weighted by Gasteiger charge is -2.32. The smallest absolute Gasteiger partial charge is 0.341 e. The van der Waals surface area contributed by atoms with Crippen LogP contribution in [0.1, 0.15) is 45.8 Å². The van der Waals surface area contributed by atoms with Crippen LogP contribution >= 0.6 is 0 Å². The van der Waals surface area contributed by atoms with Gasteiger partial charge in [0.15, 0.2) is 6.61 Å². The molecule has 7 heteroatoms. The van der Waals surface area contributed by atoms with Crippen molar-refractivity contribution < 1.29 is 19.4 Å². The average Bonchev–Trinajstić information content (AvgIpc) is 3.15. The second kappa shape index (κ2) is 7.59. The van der Waals surface area contributed by atoms with E-state index in [1.165, 1.54) is 5.56 Å². The fraction of sp³-hybridized carbons (Fsp3) is 0.421. The van der Waals surface area contributed by atoms with Gasteiger partial charge in [0.05, 0.1) is 6.20 Å². The van der Waals surface area contributed by atoms with Gasteiger partial charge in [-0.3, -0.25) is 9.89 Å². The number of hydrogen-bond donors (Lipinski definition) is 2. The minimum Gasteiger partial charge on any atom is -0.481 e. The number of piperidine rings is 1. The Morgan fingerprint density at radius 2 is 1.92 bits per heavy atom. The Kier molecular flexibility index (Phi) is 5.25. The molecule has 0 unspecified atom stereocenters. The standard InChI is InChI=1S/C19H23N3O4/c1-12-7-15(8-13(2)18(12)26-11-17(23)24)19(25)22-5-3-14(4-6-22)16-9-20-21-10-16/h7-10,14H,3-6,11H2,1-2H3,(H,20,21)(H,23,24). The van der Waals surface area contributed by atoms with Gasteiger partial charge >= 0.3 is 5.97 Å². The number of aromatic nitrogens is 2. The molecule has 1 aromatic carbocycles. The van der Waals surface area contributed by atoms with E-state index in [2.05, 4.69) is 10.2 Å². The molecular weight excluding hydrogens is 334 g/mol. The minimum atomic E-state index is -1.02. The second-order valence-electron chi connectivity index (χ2n) is 6.72. The number of aliphatic carboxylic acids is 1. The fourth-order valence-electron chi connectivity index (χ4n) is 3.52. The number of aryl methyl sites for hydroxylation is 2. The molecule has 1 aliphatic heterocycles. The number of nitrogens with zero attached hydrogens (tertiary/aromatic N) is 2. The van der Waals surface area contributed by atoms with Crippen LogP contribution < -0.4 is 4.74 Å². The van der Waals surface area contributed by atoms with E-state index in [1.807, 2.05) is 31.1 Å². The van der Waals surface area contributed by atoms with E-state index in [9.17, 15) is 9.59 Å². The molecule has 1 aliphatic rings. The number of H-pyrrole nitrogens is 1. The largest absolute Gasteiger partial charge is 0.481 e. The summed E-state index contributed by atoms with van der Waals surface area (Å²) in [5.74, 6) is -0.0493. The summed E-state index contributed by atoms with van der Waals surface area (Å²) in [6, 6.07) is 3.55. The van der Waals surface area contributed by atoms with E-state index >= 15 is 0 Å². The Bertz CT molecular complexity index is 770. The molecule has 26 heavy (non-hydrogen) atoms. The molecule has 2 aromatic rings. The first-order chi connectivity index (χ1) is 12.5. The zero-order valence-electron chi connectivity index (χ0n) is 15.0. The van der Waals surface area contributed by atoms with Gasteiger partial charge in [0, 0.05) is 24.8 Å². The quantitative estimate of drug-likeness (QED) is 0.857. The summed E-state index contributed by atoms with van der Waals surface area (Å²) >= 11 is 0. The first-order valence-corrected chi connectivity index (χ1v) is 8.69. The predicted octanol–water partition coefficient (Wildman–Crippen LogP) is 2.51. The van der Waals surface area contributed by atoms with Gasteiger partial charge in [-0.2, -0.15) is 5.10 Å². The molecule has 0 spiro atoms. The van der Waals surface area contributed by atoms with Crippen molar-refractivity contribution in [2.24, 2.45) is 0 Å². The van der Waals surface area contributed by atoms with E-state index in [-0.39, 0.29) is 5.91 Å². The van der Waals surface area contributed by atoms with Gasteiger partial charge < -0.3 is 14.7 Å². The van der Waals surface area contributed by atoms with Gasteiger partial charge in [-0.1, -0.05) is 0 Å². The number of carbonyl (C=O) groups is 2. The van der Waals surface area contributed by atoms with E-state index < -0.39 is 12.6 Å². The summed E-state index contributed by atoms with van der Waals surface area (Å²) in [7, 11) is 0. The molecular formula is C19H23N3O4. The number of nitrogens with one attached hydrogen (secondary N) is 1. The van der Waals surface area contributed by atoms with Crippen LogP contribution in [0.5, 0.6) is 5.75 Å². The first-order valence-electron chi connectivity index (χ1n) is 8.69. The van der Waals surface area contributed by atoms with Gasteiger partial charge in [-0.25, -0.2) is 4.79 Å². The average molecular weight is 357 g/mol. The summed E-state index contributed by atoms with van der Waals surface area (Å²) in [6.07, 6.45) is 5.61. The van der Waals surface area contributed by atoms with Crippen LogP contribution in [-0.2, 0) is 4.79 Å². The predicted molar refractivity (Wildman–Crippen MR) is 95.5 cm³/mol. The topological polar surface area (TPSA) is 95.5 Å². The third-order valence-electron chi connectivity index (χ3n) is 4.82. The molecule has 0 radical (unpaired) electrons. The first kappa shape index (κ1) is 18.0. The van der Waals surface area contributed by atoms with Crippen LogP contribution in [0.25, 0.3) is 0 Å². The summed E-state index contributed by atoms with van der Waals surface area (Å²) in [5.41, 5.74) is 3.35. The van der Waals surface area contributed by atoms with Gasteiger partial charge in [0.2, 0.25) is 0 Å². The monoisotopic (exact) mass is 357 g/mol. The van der Waals surface area contributed by atoms with Crippen LogP contribution in [0.15, 0.2) is 24.5 Å². The van der Waals surface area contributed by atoms with Gasteiger partial charge in [0.25, 0.3) is 5.91 Å². The van der Waals surface area contributed by atoms with Crippen LogP contribution in [0, 0.1) is 13.8 Å². The summed E-state index contributed by atoms with van der Waals surface area (Å²) < 4.78 is 5.33. The number of likely N-dealkylation sites (tertiary alicyclic amines) is 1. The van der Waals surface area contributed by atoms with Gasteiger partial charge in [-0.05, 0) is 61.4 Å². The zero-order chi connectivity index (χ0) is 18.7. The lowest BCUT2D eigenvalue weighted by molar-refractivity contribution is -0.139. The molecule has 0 saturated carbocycles. The summed E-state index contributed by atoms with van der Waals surface area (Å²) in [6.45, 7) is 4.68. The number of hydrogen-bond acceptors (Lipinski definition) is 4. The van der Waals surface area contributed by atoms with Crippen molar-refractivity contribution in [3.05, 3.63) is 46.8 Å². The van der Waals surface area contributed by atoms with E-state index in [0.29, 0.717) is 30.3 Å². The Morgan fingerprint density at radius 3 is 2.46 bits per heavy atom. The third-order valence-corrected chi connectivity index (χ3v) is 4.82. The maximum Gasteiger partial charge on any atom is 0.341 e. The van der Waals surface area contributed by atoms with Crippen LogP contribution in [0.4, 0.5) is 0 Å². The van der Waals surface area contributed by atoms with Crippen LogP contribution in [-0.4, -0.2) is 51.8 Å². The number of carbonyl (C=O) groups excluding carboxylic acids is 1. The zero-order valence-corrected chi connectivity index (χ0v) is 15.0. The molecule has 0 aliphatic carbocycles. The van der Waals surface area contributed by atoms with Crippen LogP contribution in [0.3, 0.4) is 0 Å². The van der Waals surface area contributed by atoms with E-state index in [0.717, 1.165) is 24.0 Å². The SMILES string of the molecule is Cc1cc(C(=O)N2CCC(c3cn[nH]c3)CC2)cc(C)c1OCC(=O)O. The van der Waals surface area contributed by atoms with Crippen molar-refractivity contribution in [1.29, 1.82) is 0 Å². The lowest BCUT2D eigenvalue weighted by atomic mass is 9.91. The molecule has 1 saturated heterocycles. The van der Waals surface area contributed by atoms with Gasteiger partial charge in [-0.15, -0.1) is 0 Å². The molecule has 3 rings (SSSR count). The van der Waals surface area contributed by atoms with Crippen molar-refractivity contribution in [3.63, 3.8) is 0 Å². The lowest BCUT2D eigenvalue weighted by Crippen LogP contribution is -2.38. The maximum absolute atomic E-state index is 12.8. The number of aromatic amines is 1. The molecule has 2 heterocycles. The molecule has 7 nitrogen and oxygen atoms in total. The van der Waals surface area contributed by atoms with Crippen molar-refractivity contribution in [1.82, 2.24) is 15.1 Å². The Hall–Kier alpha value is -2.83. The second-order valence-corrected chi connectivity index (χ2v) is 6.72. The molecule has 1 amide bonds. The summed E-state index contributed by atoms with van der Waals surface area (Å²) in [4.78, 5) is 25.4. The highest BCUT2D eigenvalue weighted by Crippen LogP contribution is 2.29. The van der Waals surface area contributed by atoms with Crippen molar-refractivity contribution >= 4 is 11.9 Å². The molecule has 138 valence electrons. The number of ether oxygens (including phenoxy) is 1. The highest BCUT2D eigenvalue weighted by atomic mass is 16.5. The fourth-order valence-corrected chi connectivity index (χ4v) is 3.52. The Morgan fingerprint density at radius 1 is 1.27 bits per heavy atom. The Balaban J connectivity index is 1.67. The van der Waals surface area contributed by atoms with Crippen LogP contribution in [0.2, 0.25) is 0 Å². The number of benzene rings is 1. The van der Waals surface area contributed by atoms with E-state index in [1.54, 1.807) is 12.1 Å². The third kappa shape index (κ3) is 3.87. The van der Waals surface area contributed by atoms with Crippen molar-refractivity contribution in [3.8, 4) is 5.75 Å². The van der Waals surface area contributed by atoms with Crippen molar-refractivity contribution in [2.45, 2.75) is 32.6 Å². The number of carboxylic acids is 1. The van der Waals surface area contributed by atoms with E-state index in [4.69, 9.17) is 9.84 Å². The highest BCUT2D eigenvalue weighted by Gasteiger charge is 2.25. The molecule has 0 bridgehead atoms. The summed E-state index contributed by atoms with van der Waals surface area (Å²) in [5, 5.41) is 15.6.